The van der Waals surface area contributed by atoms with Crippen molar-refractivity contribution in [3.63, 3.8) is 0 Å². The monoisotopic (exact) mass is 195 g/mol. The van der Waals surface area contributed by atoms with Crippen molar-refractivity contribution >= 4 is 0 Å². The van der Waals surface area contributed by atoms with E-state index in [0.717, 1.165) is 37.2 Å². The highest BCUT2D eigenvalue weighted by Gasteiger charge is 1.97. The summed E-state index contributed by atoms with van der Waals surface area (Å²) in [7, 11) is 0. The van der Waals surface area contributed by atoms with E-state index in [1.165, 1.54) is 0 Å². The third kappa shape index (κ3) is 3.75. The minimum absolute atomic E-state index is 0.222. The summed E-state index contributed by atoms with van der Waals surface area (Å²) in [4.78, 5) is 4.08. The van der Waals surface area contributed by atoms with Crippen LogP contribution in [0.5, 0.6) is 5.75 Å². The number of aromatic nitrogens is 1. The van der Waals surface area contributed by atoms with E-state index in [1.807, 2.05) is 12.3 Å². The number of aryl methyl sites for hydroxylation is 1. The Hall–Kier alpha value is -1.09. The molecule has 0 atom stereocenters. The molecule has 0 aliphatic rings. The third-order valence-electron chi connectivity index (χ3n) is 1.87. The Morgan fingerprint density at radius 2 is 2.29 bits per heavy atom. The average molecular weight is 195 g/mol. The lowest BCUT2D eigenvalue weighted by molar-refractivity contribution is 0.288. The third-order valence-corrected chi connectivity index (χ3v) is 1.87. The van der Waals surface area contributed by atoms with Gasteiger partial charge in [-0.2, -0.15) is 0 Å². The SMILES string of the molecule is CCCOc1cncc(CCCO)c1. The van der Waals surface area contributed by atoms with Gasteiger partial charge in [-0.25, -0.2) is 0 Å². The zero-order chi connectivity index (χ0) is 10.2. The first kappa shape index (κ1) is 11.0. The van der Waals surface area contributed by atoms with Gasteiger partial charge in [-0.1, -0.05) is 6.92 Å². The maximum absolute atomic E-state index is 8.69. The number of aliphatic hydroxyl groups is 1. The van der Waals surface area contributed by atoms with E-state index >= 15 is 0 Å². The Balaban J connectivity index is 2.50. The quantitative estimate of drug-likeness (QED) is 0.752. The highest BCUT2D eigenvalue weighted by molar-refractivity contribution is 5.23. The molecule has 0 saturated heterocycles. The first-order chi connectivity index (χ1) is 6.86. The fourth-order valence-corrected chi connectivity index (χ4v) is 1.18. The topological polar surface area (TPSA) is 42.4 Å². The molecule has 1 heterocycles. The summed E-state index contributed by atoms with van der Waals surface area (Å²) in [5, 5.41) is 8.69. The molecule has 1 N–H and O–H groups in total. The van der Waals surface area contributed by atoms with Crippen molar-refractivity contribution in [2.45, 2.75) is 26.2 Å². The first-order valence-corrected chi connectivity index (χ1v) is 5.04. The molecule has 0 saturated carbocycles. The average Bonchev–Trinajstić information content (AvgIpc) is 2.24. The highest BCUT2D eigenvalue weighted by atomic mass is 16.5. The summed E-state index contributed by atoms with van der Waals surface area (Å²) in [6.07, 6.45) is 6.17. The first-order valence-electron chi connectivity index (χ1n) is 5.04. The van der Waals surface area contributed by atoms with E-state index < -0.39 is 0 Å². The predicted molar refractivity (Wildman–Crippen MR) is 55.4 cm³/mol. The predicted octanol–water partition coefficient (Wildman–Crippen LogP) is 1.80. The highest BCUT2D eigenvalue weighted by Crippen LogP contribution is 2.12. The molecule has 0 aliphatic carbocycles. The molecular weight excluding hydrogens is 178 g/mol. The van der Waals surface area contributed by atoms with Gasteiger partial charge in [0.2, 0.25) is 0 Å². The molecule has 1 rings (SSSR count). The maximum Gasteiger partial charge on any atom is 0.137 e. The van der Waals surface area contributed by atoms with Gasteiger partial charge in [0.1, 0.15) is 5.75 Å². The largest absolute Gasteiger partial charge is 0.492 e. The molecule has 0 spiro atoms. The molecule has 14 heavy (non-hydrogen) atoms. The minimum atomic E-state index is 0.222. The van der Waals surface area contributed by atoms with Crippen LogP contribution in [-0.2, 0) is 6.42 Å². The lowest BCUT2D eigenvalue weighted by Crippen LogP contribution is -1.97. The van der Waals surface area contributed by atoms with Crippen molar-refractivity contribution in [3.8, 4) is 5.75 Å². The number of rotatable bonds is 6. The van der Waals surface area contributed by atoms with Crippen molar-refractivity contribution in [2.75, 3.05) is 13.2 Å². The van der Waals surface area contributed by atoms with E-state index in [4.69, 9.17) is 9.84 Å². The van der Waals surface area contributed by atoms with Crippen LogP contribution in [-0.4, -0.2) is 23.3 Å². The van der Waals surface area contributed by atoms with E-state index in [1.54, 1.807) is 6.20 Å². The van der Waals surface area contributed by atoms with Crippen LogP contribution in [0.2, 0.25) is 0 Å². The Morgan fingerprint density at radius 1 is 1.43 bits per heavy atom. The smallest absolute Gasteiger partial charge is 0.137 e. The lowest BCUT2D eigenvalue weighted by atomic mass is 10.1. The van der Waals surface area contributed by atoms with Crippen LogP contribution < -0.4 is 4.74 Å². The van der Waals surface area contributed by atoms with Crippen molar-refractivity contribution < 1.29 is 9.84 Å². The van der Waals surface area contributed by atoms with Gasteiger partial charge in [0.15, 0.2) is 0 Å². The van der Waals surface area contributed by atoms with Gasteiger partial charge in [0.25, 0.3) is 0 Å². The number of pyridine rings is 1. The summed E-state index contributed by atoms with van der Waals surface area (Å²) < 4.78 is 5.45. The summed E-state index contributed by atoms with van der Waals surface area (Å²) in [6, 6.07) is 1.98. The van der Waals surface area contributed by atoms with Gasteiger partial charge in [-0.15, -0.1) is 0 Å². The molecule has 0 aliphatic heterocycles. The van der Waals surface area contributed by atoms with Crippen LogP contribution in [0.4, 0.5) is 0 Å². The van der Waals surface area contributed by atoms with E-state index in [0.29, 0.717) is 0 Å². The molecule has 0 aromatic carbocycles. The fourth-order valence-electron chi connectivity index (χ4n) is 1.18. The Morgan fingerprint density at radius 3 is 3.00 bits per heavy atom. The van der Waals surface area contributed by atoms with Crippen molar-refractivity contribution in [1.82, 2.24) is 4.98 Å². The lowest BCUT2D eigenvalue weighted by Gasteiger charge is -2.05. The van der Waals surface area contributed by atoms with Crippen molar-refractivity contribution in [3.05, 3.63) is 24.0 Å². The second-order valence-corrected chi connectivity index (χ2v) is 3.20. The minimum Gasteiger partial charge on any atom is -0.492 e. The number of hydrogen-bond acceptors (Lipinski definition) is 3. The van der Waals surface area contributed by atoms with E-state index in [9.17, 15) is 0 Å². The molecule has 0 bridgehead atoms. The van der Waals surface area contributed by atoms with E-state index in [-0.39, 0.29) is 6.61 Å². The van der Waals surface area contributed by atoms with Crippen molar-refractivity contribution in [2.24, 2.45) is 0 Å². The van der Waals surface area contributed by atoms with Crippen molar-refractivity contribution in [1.29, 1.82) is 0 Å². The standard InChI is InChI=1S/C11H17NO2/c1-2-6-14-11-7-10(4-3-5-13)8-12-9-11/h7-9,13H,2-6H2,1H3. The van der Waals surface area contributed by atoms with Gasteiger partial charge in [-0.3, -0.25) is 4.98 Å². The fraction of sp³-hybridized carbons (Fsp3) is 0.545. The van der Waals surface area contributed by atoms with Gasteiger partial charge in [-0.05, 0) is 30.9 Å². The van der Waals surface area contributed by atoms with Gasteiger partial charge >= 0.3 is 0 Å². The Kier molecular flexibility index (Phi) is 5.00. The zero-order valence-corrected chi connectivity index (χ0v) is 8.57. The van der Waals surface area contributed by atoms with Gasteiger partial charge < -0.3 is 9.84 Å². The molecular formula is C11H17NO2. The molecule has 3 nitrogen and oxygen atoms in total. The van der Waals surface area contributed by atoms with Crippen LogP contribution in [0.25, 0.3) is 0 Å². The number of nitrogens with zero attached hydrogens (tertiary/aromatic N) is 1. The second kappa shape index (κ2) is 6.38. The van der Waals surface area contributed by atoms with Gasteiger partial charge in [0, 0.05) is 12.8 Å². The Labute approximate surface area is 84.7 Å². The number of hydrogen-bond donors (Lipinski definition) is 1. The second-order valence-electron chi connectivity index (χ2n) is 3.20. The summed E-state index contributed by atoms with van der Waals surface area (Å²) in [5.41, 5.74) is 1.12. The van der Waals surface area contributed by atoms with E-state index in [2.05, 4.69) is 11.9 Å². The molecule has 1 aromatic rings. The van der Waals surface area contributed by atoms with Gasteiger partial charge in [0.05, 0.1) is 12.8 Å². The number of ether oxygens (including phenoxy) is 1. The van der Waals surface area contributed by atoms with Crippen LogP contribution in [0, 0.1) is 0 Å². The summed E-state index contributed by atoms with van der Waals surface area (Å²) in [6.45, 7) is 3.02. The molecule has 78 valence electrons. The molecule has 0 radical (unpaired) electrons. The van der Waals surface area contributed by atoms with Crippen LogP contribution >= 0.6 is 0 Å². The molecule has 1 aromatic heterocycles. The normalized spacial score (nSPS) is 10.1. The molecule has 0 amide bonds. The molecule has 0 fully saturated rings. The summed E-state index contributed by atoms with van der Waals surface area (Å²) >= 11 is 0. The maximum atomic E-state index is 8.69. The molecule has 0 unspecified atom stereocenters. The molecule has 3 heteroatoms. The van der Waals surface area contributed by atoms with Crippen LogP contribution in [0.15, 0.2) is 18.5 Å². The summed E-state index contributed by atoms with van der Waals surface area (Å²) in [5.74, 6) is 0.822. The van der Waals surface area contributed by atoms with Crippen LogP contribution in [0.3, 0.4) is 0 Å². The zero-order valence-electron chi connectivity index (χ0n) is 8.57. The van der Waals surface area contributed by atoms with Crippen LogP contribution in [0.1, 0.15) is 25.3 Å². The number of aliphatic hydroxyl groups excluding tert-OH is 1. The Bertz CT molecular complexity index is 240.